The summed E-state index contributed by atoms with van der Waals surface area (Å²) in [6, 6.07) is 13.4. The van der Waals surface area contributed by atoms with E-state index in [1.807, 2.05) is 50.2 Å². The van der Waals surface area contributed by atoms with E-state index in [9.17, 15) is 14.4 Å². The molecular weight excluding hydrogens is 626 g/mol. The molecule has 5 rings (SSSR count). The first-order valence-electron chi connectivity index (χ1n) is 16.3. The molecule has 0 saturated heterocycles. The van der Waals surface area contributed by atoms with E-state index < -0.39 is 12.1 Å². The lowest BCUT2D eigenvalue weighted by atomic mass is 9.95. The van der Waals surface area contributed by atoms with Crippen molar-refractivity contribution < 1.29 is 23.8 Å². The van der Waals surface area contributed by atoms with E-state index in [-0.39, 0.29) is 28.8 Å². The summed E-state index contributed by atoms with van der Waals surface area (Å²) in [5.41, 5.74) is 4.68. The minimum atomic E-state index is -0.713. The van der Waals surface area contributed by atoms with Gasteiger partial charge in [-0.15, -0.1) is 10.2 Å². The van der Waals surface area contributed by atoms with Gasteiger partial charge in [0.1, 0.15) is 6.04 Å². The van der Waals surface area contributed by atoms with Crippen LogP contribution in [0.15, 0.2) is 53.3 Å². The highest BCUT2D eigenvalue weighted by Crippen LogP contribution is 2.50. The highest BCUT2D eigenvalue weighted by atomic mass is 16.5. The number of fused-ring (bicyclic) bond motifs is 3. The lowest BCUT2D eigenvalue weighted by Crippen LogP contribution is -2.40. The first-order valence-corrected chi connectivity index (χ1v) is 16.3. The molecule has 2 amide bonds. The Balaban J connectivity index is 1.48. The summed E-state index contributed by atoms with van der Waals surface area (Å²) < 4.78 is 17.2. The number of methoxy groups -OCH3 is 3. The zero-order valence-electron chi connectivity index (χ0n) is 28.7. The number of nitrogens with one attached hydrogen (secondary N) is 4. The first kappa shape index (κ1) is 34.9. The molecule has 1 heterocycles. The third kappa shape index (κ3) is 7.82. The molecule has 1 aliphatic carbocycles. The molecule has 49 heavy (non-hydrogen) atoms. The van der Waals surface area contributed by atoms with Gasteiger partial charge in [-0.25, -0.2) is 0 Å². The Morgan fingerprint density at radius 1 is 1.00 bits per heavy atom. The van der Waals surface area contributed by atoms with E-state index in [2.05, 4.69) is 36.6 Å². The lowest BCUT2D eigenvalue weighted by Gasteiger charge is -2.24. The van der Waals surface area contributed by atoms with Crippen LogP contribution in [0.1, 0.15) is 62.2 Å². The molecule has 0 fully saturated rings. The van der Waals surface area contributed by atoms with Gasteiger partial charge < -0.3 is 30.2 Å². The molecule has 13 heteroatoms. The summed E-state index contributed by atoms with van der Waals surface area (Å²) in [5, 5.41) is 23.3. The predicted octanol–water partition coefficient (Wildman–Crippen LogP) is 4.63. The van der Waals surface area contributed by atoms with Crippen LogP contribution in [0.5, 0.6) is 17.2 Å². The number of carbonyl (C=O) groups is 2. The summed E-state index contributed by atoms with van der Waals surface area (Å²) in [6.07, 6.45) is 3.19. The van der Waals surface area contributed by atoms with Crippen LogP contribution < -0.4 is 35.6 Å². The fourth-order valence-electron chi connectivity index (χ4n) is 6.22. The third-order valence-corrected chi connectivity index (χ3v) is 8.97. The summed E-state index contributed by atoms with van der Waals surface area (Å²) in [7, 11) is 4.66. The van der Waals surface area contributed by atoms with Crippen molar-refractivity contribution >= 4 is 23.2 Å². The number of tetrazole rings is 1. The number of H-pyrrole nitrogens is 1. The summed E-state index contributed by atoms with van der Waals surface area (Å²) >= 11 is 0. The van der Waals surface area contributed by atoms with E-state index >= 15 is 0 Å². The number of aromatic amines is 1. The number of aryl methyl sites for hydroxylation is 3. The minimum absolute atomic E-state index is 0.110. The second-order valence-corrected chi connectivity index (χ2v) is 12.1. The zero-order valence-corrected chi connectivity index (χ0v) is 28.7. The van der Waals surface area contributed by atoms with E-state index in [4.69, 9.17) is 14.2 Å². The van der Waals surface area contributed by atoms with Gasteiger partial charge in [0.2, 0.25) is 23.0 Å². The summed E-state index contributed by atoms with van der Waals surface area (Å²) in [6.45, 7) is 5.42. The average Bonchev–Trinajstić information content (AvgIpc) is 3.52. The van der Waals surface area contributed by atoms with Crippen molar-refractivity contribution in [3.63, 3.8) is 0 Å². The first-order chi connectivity index (χ1) is 23.7. The van der Waals surface area contributed by atoms with Gasteiger partial charge in [-0.1, -0.05) is 43.7 Å². The highest BCUT2D eigenvalue weighted by molar-refractivity contribution is 5.97. The monoisotopic (exact) mass is 669 g/mol. The zero-order chi connectivity index (χ0) is 35.1. The Morgan fingerprint density at radius 3 is 2.39 bits per heavy atom. The molecule has 13 nitrogen and oxygen atoms in total. The number of amides is 2. The molecule has 0 unspecified atom stereocenters. The maximum atomic E-state index is 13.9. The van der Waals surface area contributed by atoms with Gasteiger partial charge in [-0.05, 0) is 77.8 Å². The summed E-state index contributed by atoms with van der Waals surface area (Å²) in [4.78, 5) is 40.0. The van der Waals surface area contributed by atoms with Crippen molar-refractivity contribution in [3.8, 4) is 28.4 Å². The van der Waals surface area contributed by atoms with Crippen LogP contribution in [0.2, 0.25) is 0 Å². The van der Waals surface area contributed by atoms with E-state index in [0.717, 1.165) is 23.1 Å². The van der Waals surface area contributed by atoms with Crippen LogP contribution in [0.3, 0.4) is 0 Å². The molecular formula is C36H43N7O6. The second-order valence-electron chi connectivity index (χ2n) is 12.1. The topological polar surface area (TPSA) is 169 Å². The van der Waals surface area contributed by atoms with E-state index in [1.165, 1.54) is 6.92 Å². The Morgan fingerprint density at radius 2 is 1.76 bits per heavy atom. The van der Waals surface area contributed by atoms with Gasteiger partial charge in [-0.2, -0.15) is 5.21 Å². The molecule has 1 aromatic heterocycles. The van der Waals surface area contributed by atoms with Gasteiger partial charge >= 0.3 is 0 Å². The van der Waals surface area contributed by atoms with Crippen LogP contribution in [-0.4, -0.2) is 59.8 Å². The number of anilines is 2. The van der Waals surface area contributed by atoms with Gasteiger partial charge in [0.15, 0.2) is 17.3 Å². The number of hydrogen-bond acceptors (Lipinski definition) is 10. The standard InChI is InChI=1S/C36H43N7O6/c1-7-20(2)33(36(46)38-24-12-8-22(9-13-24)10-17-31-40-42-43-41-31)39-28-16-14-25-26(19-29(28)45)27(37-21(3)44)15-11-23-18-30(47-4)34(48-5)35(49-6)32(23)25/h8-9,12-14,16,18-20,27,33H,7,10-11,15,17H2,1-6H3,(H,37,44)(H,38,46)(H,39,45)(H,40,41,42,43)/t20-,27+,33+/m1/s1. The fourth-order valence-corrected chi connectivity index (χ4v) is 6.22. The van der Waals surface area contributed by atoms with E-state index in [0.29, 0.717) is 65.6 Å². The number of aromatic nitrogens is 4. The normalized spacial score (nSPS) is 14.7. The number of benzene rings is 2. The predicted molar refractivity (Wildman–Crippen MR) is 186 cm³/mol. The third-order valence-electron chi connectivity index (χ3n) is 8.97. The second kappa shape index (κ2) is 15.6. The maximum Gasteiger partial charge on any atom is 0.247 e. The Labute approximate surface area is 285 Å². The van der Waals surface area contributed by atoms with Gasteiger partial charge in [0, 0.05) is 24.6 Å². The van der Waals surface area contributed by atoms with Crippen molar-refractivity contribution in [1.82, 2.24) is 25.9 Å². The highest BCUT2D eigenvalue weighted by Gasteiger charge is 2.30. The lowest BCUT2D eigenvalue weighted by molar-refractivity contribution is -0.120. The maximum absolute atomic E-state index is 13.9. The van der Waals surface area contributed by atoms with Crippen LogP contribution in [-0.2, 0) is 28.9 Å². The SMILES string of the molecule is CC[C@@H](C)[C@H](Nc1ccc2c(cc1=O)[C@@H](NC(C)=O)CCc1cc(OC)c(OC)c(OC)c1-2)C(=O)Nc1ccc(CCc2nn[nH]n2)cc1. The minimum Gasteiger partial charge on any atom is -0.493 e. The number of rotatable bonds is 13. The van der Waals surface area contributed by atoms with Crippen molar-refractivity contribution in [2.24, 2.45) is 5.92 Å². The van der Waals surface area contributed by atoms with E-state index in [1.54, 1.807) is 33.5 Å². The Hall–Kier alpha value is -5.46. The molecule has 0 bridgehead atoms. The number of hydrogen-bond donors (Lipinski definition) is 4. The number of nitrogens with zero attached hydrogens (tertiary/aromatic N) is 3. The average molecular weight is 670 g/mol. The quantitative estimate of drug-likeness (QED) is 0.158. The van der Waals surface area contributed by atoms with Crippen LogP contribution in [0, 0.1) is 5.92 Å². The van der Waals surface area contributed by atoms with Crippen molar-refractivity contribution in [2.45, 2.75) is 65.0 Å². The van der Waals surface area contributed by atoms with Crippen molar-refractivity contribution in [1.29, 1.82) is 0 Å². The fraction of sp³-hybridized carbons (Fsp3) is 0.389. The van der Waals surface area contributed by atoms with Crippen LogP contribution >= 0.6 is 0 Å². The summed E-state index contributed by atoms with van der Waals surface area (Å²) in [5.74, 6) is 1.46. The molecule has 4 N–H and O–H groups in total. The van der Waals surface area contributed by atoms with Crippen molar-refractivity contribution in [3.05, 3.63) is 81.3 Å². The molecule has 0 saturated carbocycles. The molecule has 258 valence electrons. The van der Waals surface area contributed by atoms with Gasteiger partial charge in [0.05, 0.1) is 33.1 Å². The van der Waals surface area contributed by atoms with Gasteiger partial charge in [0.25, 0.3) is 0 Å². The Kier molecular flexibility index (Phi) is 11.1. The largest absolute Gasteiger partial charge is 0.493 e. The molecule has 0 radical (unpaired) electrons. The number of carbonyl (C=O) groups excluding carboxylic acids is 2. The number of ether oxygens (including phenoxy) is 3. The molecule has 0 aliphatic heterocycles. The van der Waals surface area contributed by atoms with Gasteiger partial charge in [-0.3, -0.25) is 14.4 Å². The van der Waals surface area contributed by atoms with Crippen LogP contribution in [0.25, 0.3) is 11.1 Å². The Bertz CT molecular complexity index is 1850. The molecule has 1 aliphatic rings. The molecule has 3 aromatic carbocycles. The molecule has 0 spiro atoms. The molecule has 4 aromatic rings. The van der Waals surface area contributed by atoms with Crippen LogP contribution in [0.4, 0.5) is 11.4 Å². The van der Waals surface area contributed by atoms with Crippen molar-refractivity contribution in [2.75, 3.05) is 32.0 Å². The molecule has 3 atom stereocenters. The smallest absolute Gasteiger partial charge is 0.247 e.